The third-order valence-corrected chi connectivity index (χ3v) is 6.90. The SMILES string of the molecule is CCNC(=NCc1cccc(OCC(N)=O)c1)N1CCS(=O)(=O)C(C)(C)C1. The number of ether oxygens (including phenoxy) is 1. The Morgan fingerprint density at radius 1 is 1.41 bits per heavy atom. The summed E-state index contributed by atoms with van der Waals surface area (Å²) in [6, 6.07) is 7.29. The number of nitrogens with two attached hydrogens (primary N) is 1. The summed E-state index contributed by atoms with van der Waals surface area (Å²) in [4.78, 5) is 17.5. The van der Waals surface area contributed by atoms with E-state index >= 15 is 0 Å². The quantitative estimate of drug-likeness (QED) is 0.535. The van der Waals surface area contributed by atoms with E-state index in [1.54, 1.807) is 26.0 Å². The molecule has 1 aromatic carbocycles. The molecule has 1 aromatic rings. The molecule has 0 atom stereocenters. The molecule has 1 saturated heterocycles. The average molecular weight is 397 g/mol. The number of nitrogens with zero attached hydrogens (tertiary/aromatic N) is 2. The summed E-state index contributed by atoms with van der Waals surface area (Å²) in [6.45, 7) is 7.19. The average Bonchev–Trinajstić information content (AvgIpc) is 2.59. The first kappa shape index (κ1) is 21.0. The lowest BCUT2D eigenvalue weighted by Crippen LogP contribution is -2.57. The molecule has 1 aliphatic heterocycles. The van der Waals surface area contributed by atoms with Gasteiger partial charge in [0.2, 0.25) is 0 Å². The van der Waals surface area contributed by atoms with Crippen LogP contribution in [0.25, 0.3) is 0 Å². The van der Waals surface area contributed by atoms with E-state index in [1.165, 1.54) is 0 Å². The van der Waals surface area contributed by atoms with E-state index in [1.807, 2.05) is 24.0 Å². The fraction of sp³-hybridized carbons (Fsp3) is 0.556. The number of nitrogens with one attached hydrogen (secondary N) is 1. The van der Waals surface area contributed by atoms with Crippen molar-refractivity contribution in [3.05, 3.63) is 29.8 Å². The zero-order valence-corrected chi connectivity index (χ0v) is 16.9. The number of guanidine groups is 1. The molecule has 8 nitrogen and oxygen atoms in total. The van der Waals surface area contributed by atoms with Crippen LogP contribution in [0, 0.1) is 0 Å². The van der Waals surface area contributed by atoms with Crippen molar-refractivity contribution in [2.45, 2.75) is 32.1 Å². The van der Waals surface area contributed by atoms with Gasteiger partial charge in [0.25, 0.3) is 5.91 Å². The summed E-state index contributed by atoms with van der Waals surface area (Å²) in [7, 11) is -3.11. The number of rotatable bonds is 6. The normalized spacial score (nSPS) is 18.8. The number of hydrogen-bond donors (Lipinski definition) is 2. The molecule has 3 N–H and O–H groups in total. The first-order valence-corrected chi connectivity index (χ1v) is 10.6. The fourth-order valence-corrected chi connectivity index (χ4v) is 4.17. The van der Waals surface area contributed by atoms with Crippen LogP contribution < -0.4 is 15.8 Å². The predicted molar refractivity (Wildman–Crippen MR) is 105 cm³/mol. The molecule has 0 radical (unpaired) electrons. The van der Waals surface area contributed by atoms with Crippen molar-refractivity contribution < 1.29 is 17.9 Å². The van der Waals surface area contributed by atoms with E-state index in [4.69, 9.17) is 10.5 Å². The van der Waals surface area contributed by atoms with Crippen molar-refractivity contribution in [2.75, 3.05) is 32.0 Å². The molecule has 1 heterocycles. The van der Waals surface area contributed by atoms with Crippen molar-refractivity contribution in [2.24, 2.45) is 10.7 Å². The van der Waals surface area contributed by atoms with E-state index < -0.39 is 20.5 Å². The molecule has 150 valence electrons. The second kappa shape index (κ2) is 8.60. The molecule has 0 spiro atoms. The Labute approximate surface area is 160 Å². The largest absolute Gasteiger partial charge is 0.484 e. The Morgan fingerprint density at radius 3 is 2.78 bits per heavy atom. The number of aliphatic imine (C=N–C) groups is 1. The van der Waals surface area contributed by atoms with Gasteiger partial charge >= 0.3 is 0 Å². The van der Waals surface area contributed by atoms with Gasteiger partial charge in [-0.2, -0.15) is 0 Å². The van der Waals surface area contributed by atoms with Gasteiger partial charge < -0.3 is 20.7 Å². The molecule has 0 bridgehead atoms. The molecule has 0 unspecified atom stereocenters. The van der Waals surface area contributed by atoms with Crippen LogP contribution in [0.1, 0.15) is 26.3 Å². The van der Waals surface area contributed by atoms with Gasteiger partial charge in [0.15, 0.2) is 22.4 Å². The van der Waals surface area contributed by atoms with Crippen molar-refractivity contribution >= 4 is 21.7 Å². The standard InChI is InChI=1S/C18H28N4O4S/c1-4-20-17(22-8-9-27(24,25)18(2,3)13-22)21-11-14-6-5-7-15(10-14)26-12-16(19)23/h5-7,10H,4,8-9,11-13H2,1-3H3,(H2,19,23)(H,20,21). The molecule has 0 aromatic heterocycles. The maximum absolute atomic E-state index is 12.2. The van der Waals surface area contributed by atoms with Crippen LogP contribution in [-0.4, -0.2) is 61.9 Å². The van der Waals surface area contributed by atoms with Crippen LogP contribution in [-0.2, 0) is 21.2 Å². The molecule has 0 saturated carbocycles. The molecular formula is C18H28N4O4S. The Bertz CT molecular complexity index is 805. The van der Waals surface area contributed by atoms with Gasteiger partial charge in [0.05, 0.1) is 17.0 Å². The Morgan fingerprint density at radius 2 is 2.15 bits per heavy atom. The summed E-state index contributed by atoms with van der Waals surface area (Å²) in [6.07, 6.45) is 0. The first-order valence-electron chi connectivity index (χ1n) is 8.90. The first-order chi connectivity index (χ1) is 12.6. The van der Waals surface area contributed by atoms with E-state index in [-0.39, 0.29) is 12.4 Å². The molecule has 1 aliphatic rings. The Hall–Kier alpha value is -2.29. The molecule has 1 fully saturated rings. The van der Waals surface area contributed by atoms with E-state index in [0.717, 1.165) is 5.56 Å². The van der Waals surface area contributed by atoms with Crippen LogP contribution in [0.15, 0.2) is 29.3 Å². The number of carbonyl (C=O) groups excluding carboxylic acids is 1. The summed E-state index contributed by atoms with van der Waals surface area (Å²) in [5, 5.41) is 3.23. The number of amides is 1. The second-order valence-corrected chi connectivity index (χ2v) is 9.82. The minimum atomic E-state index is -3.11. The van der Waals surface area contributed by atoms with E-state index in [2.05, 4.69) is 10.3 Å². The Balaban J connectivity index is 2.12. The van der Waals surface area contributed by atoms with Gasteiger partial charge in [-0.05, 0) is 38.5 Å². The minimum absolute atomic E-state index is 0.112. The highest BCUT2D eigenvalue weighted by molar-refractivity contribution is 7.92. The highest BCUT2D eigenvalue weighted by Crippen LogP contribution is 2.24. The van der Waals surface area contributed by atoms with Crippen LogP contribution in [0.3, 0.4) is 0 Å². The van der Waals surface area contributed by atoms with Crippen LogP contribution in [0.4, 0.5) is 0 Å². The van der Waals surface area contributed by atoms with Crippen LogP contribution in [0.2, 0.25) is 0 Å². The zero-order valence-electron chi connectivity index (χ0n) is 16.1. The lowest BCUT2D eigenvalue weighted by molar-refractivity contribution is -0.119. The number of benzene rings is 1. The number of hydrogen-bond acceptors (Lipinski definition) is 5. The molecule has 1 amide bonds. The summed E-state index contributed by atoms with van der Waals surface area (Å²) >= 11 is 0. The van der Waals surface area contributed by atoms with Gasteiger partial charge in [-0.25, -0.2) is 13.4 Å². The maximum Gasteiger partial charge on any atom is 0.255 e. The fourth-order valence-electron chi connectivity index (χ4n) is 2.80. The molecule has 2 rings (SSSR count). The monoisotopic (exact) mass is 396 g/mol. The number of sulfone groups is 1. The van der Waals surface area contributed by atoms with Crippen LogP contribution in [0.5, 0.6) is 5.75 Å². The topological polar surface area (TPSA) is 114 Å². The van der Waals surface area contributed by atoms with Crippen molar-refractivity contribution in [3.8, 4) is 5.75 Å². The van der Waals surface area contributed by atoms with Gasteiger partial charge in [-0.1, -0.05) is 12.1 Å². The van der Waals surface area contributed by atoms with Crippen molar-refractivity contribution in [1.29, 1.82) is 0 Å². The maximum atomic E-state index is 12.2. The third kappa shape index (κ3) is 5.59. The van der Waals surface area contributed by atoms with E-state index in [0.29, 0.717) is 37.9 Å². The predicted octanol–water partition coefficient (Wildman–Crippen LogP) is 0.525. The second-order valence-electron chi connectivity index (χ2n) is 7.07. The molecular weight excluding hydrogens is 368 g/mol. The molecule has 0 aliphatic carbocycles. The summed E-state index contributed by atoms with van der Waals surface area (Å²) < 4.78 is 28.9. The Kier molecular flexibility index (Phi) is 6.69. The third-order valence-electron chi connectivity index (χ3n) is 4.37. The van der Waals surface area contributed by atoms with Gasteiger partial charge in [0, 0.05) is 19.6 Å². The lowest BCUT2D eigenvalue weighted by Gasteiger charge is -2.39. The summed E-state index contributed by atoms with van der Waals surface area (Å²) in [5.74, 6) is 0.817. The highest BCUT2D eigenvalue weighted by Gasteiger charge is 2.40. The van der Waals surface area contributed by atoms with Crippen molar-refractivity contribution in [1.82, 2.24) is 10.2 Å². The number of primary amides is 1. The zero-order chi connectivity index (χ0) is 20.1. The van der Waals surface area contributed by atoms with Gasteiger partial charge in [-0.15, -0.1) is 0 Å². The van der Waals surface area contributed by atoms with Crippen LogP contribution >= 0.6 is 0 Å². The lowest BCUT2D eigenvalue weighted by atomic mass is 10.2. The molecule has 27 heavy (non-hydrogen) atoms. The van der Waals surface area contributed by atoms with E-state index in [9.17, 15) is 13.2 Å². The molecule has 9 heteroatoms. The minimum Gasteiger partial charge on any atom is -0.484 e. The van der Waals surface area contributed by atoms with Gasteiger partial charge in [0.1, 0.15) is 5.75 Å². The van der Waals surface area contributed by atoms with Gasteiger partial charge in [-0.3, -0.25) is 4.79 Å². The highest BCUT2D eigenvalue weighted by atomic mass is 32.2. The number of carbonyl (C=O) groups is 1. The smallest absolute Gasteiger partial charge is 0.255 e. The summed E-state index contributed by atoms with van der Waals surface area (Å²) in [5.41, 5.74) is 6.00. The van der Waals surface area contributed by atoms with Crippen molar-refractivity contribution in [3.63, 3.8) is 0 Å².